The van der Waals surface area contributed by atoms with Gasteiger partial charge in [-0.1, -0.05) is 13.0 Å². The van der Waals surface area contributed by atoms with Gasteiger partial charge in [-0.2, -0.15) is 0 Å². The number of piperidine rings is 2. The Kier molecular flexibility index (Phi) is 7.99. The first-order valence-corrected chi connectivity index (χ1v) is 12.6. The van der Waals surface area contributed by atoms with Crippen molar-refractivity contribution in [2.24, 2.45) is 11.8 Å². The normalized spacial score (nSPS) is 20.1. The topological polar surface area (TPSA) is 58.6 Å². The summed E-state index contributed by atoms with van der Waals surface area (Å²) in [5, 5.41) is 0. The SMILES string of the molecule is CC1CCCN(C(=O)c2ccc(-c3cnc(OCC4CCN(CC(C)(C)F)CC4)cn3)cc2F)C1. The molecule has 0 bridgehead atoms. The van der Waals surface area contributed by atoms with Gasteiger partial charge in [-0.15, -0.1) is 0 Å². The second kappa shape index (κ2) is 11.0. The lowest BCUT2D eigenvalue weighted by Crippen LogP contribution is -2.41. The summed E-state index contributed by atoms with van der Waals surface area (Å²) in [4.78, 5) is 25.4. The van der Waals surface area contributed by atoms with Crippen LogP contribution in [0.4, 0.5) is 8.78 Å². The van der Waals surface area contributed by atoms with E-state index < -0.39 is 11.5 Å². The van der Waals surface area contributed by atoms with Crippen molar-refractivity contribution in [1.29, 1.82) is 0 Å². The number of halogens is 2. The van der Waals surface area contributed by atoms with Crippen molar-refractivity contribution in [3.05, 3.63) is 42.0 Å². The molecule has 2 saturated heterocycles. The maximum atomic E-state index is 14.8. The van der Waals surface area contributed by atoms with Crippen molar-refractivity contribution in [2.45, 2.75) is 52.1 Å². The summed E-state index contributed by atoms with van der Waals surface area (Å²) >= 11 is 0. The van der Waals surface area contributed by atoms with Gasteiger partial charge in [0.25, 0.3) is 5.91 Å². The minimum absolute atomic E-state index is 0.0943. The van der Waals surface area contributed by atoms with E-state index in [0.717, 1.165) is 38.8 Å². The van der Waals surface area contributed by atoms with Crippen LogP contribution in [0, 0.1) is 17.7 Å². The Hall–Kier alpha value is -2.61. The highest BCUT2D eigenvalue weighted by Crippen LogP contribution is 2.25. The van der Waals surface area contributed by atoms with Gasteiger partial charge >= 0.3 is 0 Å². The molecule has 1 unspecified atom stereocenters. The van der Waals surface area contributed by atoms with Crippen LogP contribution in [0.3, 0.4) is 0 Å². The molecule has 0 aliphatic carbocycles. The molecule has 1 aromatic heterocycles. The highest BCUT2D eigenvalue weighted by Gasteiger charge is 2.26. The van der Waals surface area contributed by atoms with E-state index in [4.69, 9.17) is 4.74 Å². The quantitative estimate of drug-likeness (QED) is 0.552. The Morgan fingerprint density at radius 1 is 1.14 bits per heavy atom. The summed E-state index contributed by atoms with van der Waals surface area (Å²) in [6, 6.07) is 4.59. The third-order valence-corrected chi connectivity index (χ3v) is 6.84. The molecule has 8 heteroatoms. The van der Waals surface area contributed by atoms with Crippen molar-refractivity contribution < 1.29 is 18.3 Å². The Morgan fingerprint density at radius 2 is 1.91 bits per heavy atom. The molecular weight excluding hydrogens is 450 g/mol. The number of aromatic nitrogens is 2. The van der Waals surface area contributed by atoms with Crippen LogP contribution in [-0.4, -0.2) is 70.7 Å². The smallest absolute Gasteiger partial charge is 0.256 e. The molecule has 190 valence electrons. The summed E-state index contributed by atoms with van der Waals surface area (Å²) in [5.74, 6) is 0.461. The van der Waals surface area contributed by atoms with Gasteiger partial charge in [-0.3, -0.25) is 4.79 Å². The number of hydrogen-bond donors (Lipinski definition) is 0. The number of rotatable bonds is 7. The zero-order chi connectivity index (χ0) is 25.0. The fourth-order valence-corrected chi connectivity index (χ4v) is 4.98. The predicted octanol–water partition coefficient (Wildman–Crippen LogP) is 4.99. The van der Waals surface area contributed by atoms with E-state index in [1.807, 2.05) is 0 Å². The van der Waals surface area contributed by atoms with E-state index in [0.29, 0.717) is 55.2 Å². The number of likely N-dealkylation sites (tertiary alicyclic amines) is 2. The lowest BCUT2D eigenvalue weighted by atomic mass is 9.97. The number of carbonyl (C=O) groups is 1. The number of amides is 1. The van der Waals surface area contributed by atoms with Crippen molar-refractivity contribution in [2.75, 3.05) is 39.3 Å². The van der Waals surface area contributed by atoms with Crippen molar-refractivity contribution in [1.82, 2.24) is 19.8 Å². The highest BCUT2D eigenvalue weighted by atomic mass is 19.1. The molecule has 0 N–H and O–H groups in total. The van der Waals surface area contributed by atoms with Crippen LogP contribution in [0.5, 0.6) is 5.88 Å². The molecule has 2 fully saturated rings. The van der Waals surface area contributed by atoms with E-state index in [1.165, 1.54) is 12.1 Å². The summed E-state index contributed by atoms with van der Waals surface area (Å²) in [6.45, 7) is 9.42. The molecule has 1 aromatic carbocycles. The maximum absolute atomic E-state index is 14.8. The van der Waals surface area contributed by atoms with Gasteiger partial charge in [0, 0.05) is 25.2 Å². The third-order valence-electron chi connectivity index (χ3n) is 6.84. The van der Waals surface area contributed by atoms with E-state index in [-0.39, 0.29) is 11.5 Å². The molecule has 35 heavy (non-hydrogen) atoms. The number of carbonyl (C=O) groups excluding carboxylic acids is 1. The monoisotopic (exact) mass is 486 g/mol. The van der Waals surface area contributed by atoms with Gasteiger partial charge in [-0.25, -0.2) is 18.7 Å². The number of alkyl halides is 1. The molecular formula is C27H36F2N4O2. The van der Waals surface area contributed by atoms with Crippen molar-refractivity contribution in [3.63, 3.8) is 0 Å². The molecule has 2 aromatic rings. The largest absolute Gasteiger partial charge is 0.476 e. The van der Waals surface area contributed by atoms with Gasteiger partial charge in [0.1, 0.15) is 11.5 Å². The fraction of sp³-hybridized carbons (Fsp3) is 0.593. The third kappa shape index (κ3) is 6.97. The van der Waals surface area contributed by atoms with Gasteiger partial charge in [0.05, 0.1) is 30.3 Å². The molecule has 2 aliphatic rings. The van der Waals surface area contributed by atoms with Crippen LogP contribution >= 0.6 is 0 Å². The highest BCUT2D eigenvalue weighted by molar-refractivity contribution is 5.95. The summed E-state index contributed by atoms with van der Waals surface area (Å²) in [5.41, 5.74) is -0.00000575. The molecule has 0 saturated carbocycles. The van der Waals surface area contributed by atoms with E-state index in [2.05, 4.69) is 21.8 Å². The van der Waals surface area contributed by atoms with Crippen LogP contribution in [0.2, 0.25) is 0 Å². The summed E-state index contributed by atoms with van der Waals surface area (Å²) < 4.78 is 34.5. The van der Waals surface area contributed by atoms with Crippen LogP contribution in [0.25, 0.3) is 11.3 Å². The number of nitrogens with zero attached hydrogens (tertiary/aromatic N) is 4. The standard InChI is InChI=1S/C27H36F2N4O2/c1-19-5-4-10-33(16-19)26(34)22-7-6-21(13-23(22)28)24-14-31-25(15-30-24)35-17-20-8-11-32(12-9-20)18-27(2,3)29/h6-7,13-15,19-20H,4-5,8-12,16-18H2,1-3H3. The lowest BCUT2D eigenvalue weighted by Gasteiger charge is -2.34. The molecule has 0 radical (unpaired) electrons. The molecule has 2 aliphatic heterocycles. The zero-order valence-corrected chi connectivity index (χ0v) is 21.0. The van der Waals surface area contributed by atoms with Gasteiger partial charge < -0.3 is 14.5 Å². The molecule has 1 atom stereocenters. The Bertz CT molecular complexity index is 1000. The number of ether oxygens (including phenoxy) is 1. The molecule has 3 heterocycles. The maximum Gasteiger partial charge on any atom is 0.256 e. The first kappa shape index (κ1) is 25.5. The second-order valence-corrected chi connectivity index (χ2v) is 10.7. The van der Waals surface area contributed by atoms with Gasteiger partial charge in [-0.05, 0) is 76.6 Å². The van der Waals surface area contributed by atoms with Crippen LogP contribution in [-0.2, 0) is 0 Å². The summed E-state index contributed by atoms with van der Waals surface area (Å²) in [7, 11) is 0. The van der Waals surface area contributed by atoms with Crippen molar-refractivity contribution in [3.8, 4) is 17.1 Å². The molecule has 1 amide bonds. The molecule has 4 rings (SSSR count). The minimum atomic E-state index is -1.18. The molecule has 6 nitrogen and oxygen atoms in total. The Labute approximate surface area is 206 Å². The second-order valence-electron chi connectivity index (χ2n) is 10.7. The van der Waals surface area contributed by atoms with Crippen molar-refractivity contribution >= 4 is 5.91 Å². The fourth-order valence-electron chi connectivity index (χ4n) is 4.98. The van der Waals surface area contributed by atoms with Crippen LogP contribution in [0.15, 0.2) is 30.6 Å². The van der Waals surface area contributed by atoms with Gasteiger partial charge in [0.2, 0.25) is 5.88 Å². The van der Waals surface area contributed by atoms with Gasteiger partial charge in [0.15, 0.2) is 0 Å². The number of hydrogen-bond acceptors (Lipinski definition) is 5. The average Bonchev–Trinajstić information content (AvgIpc) is 2.82. The zero-order valence-electron chi connectivity index (χ0n) is 21.0. The Morgan fingerprint density at radius 3 is 2.54 bits per heavy atom. The van der Waals surface area contributed by atoms with Crippen LogP contribution in [0.1, 0.15) is 56.8 Å². The van der Waals surface area contributed by atoms with E-state index >= 15 is 0 Å². The first-order chi connectivity index (χ1) is 16.7. The summed E-state index contributed by atoms with van der Waals surface area (Å²) in [6.07, 6.45) is 7.08. The Balaban J connectivity index is 1.30. The molecule has 0 spiro atoms. The lowest BCUT2D eigenvalue weighted by molar-refractivity contribution is 0.0678. The van der Waals surface area contributed by atoms with Crippen LogP contribution < -0.4 is 4.74 Å². The van der Waals surface area contributed by atoms with E-state index in [9.17, 15) is 13.6 Å². The van der Waals surface area contributed by atoms with E-state index in [1.54, 1.807) is 37.2 Å². The number of benzene rings is 1. The average molecular weight is 487 g/mol. The predicted molar refractivity (Wildman–Crippen MR) is 132 cm³/mol. The first-order valence-electron chi connectivity index (χ1n) is 12.6. The minimum Gasteiger partial charge on any atom is -0.476 e.